The lowest BCUT2D eigenvalue weighted by atomic mass is 10.2. The summed E-state index contributed by atoms with van der Waals surface area (Å²) in [4.78, 5) is 30.7. The summed E-state index contributed by atoms with van der Waals surface area (Å²) in [5.41, 5.74) is 2.22. The molecule has 0 bridgehead atoms. The molecule has 3 rings (SSSR count). The van der Waals surface area contributed by atoms with Crippen LogP contribution in [-0.2, 0) is 22.6 Å². The second-order valence-electron chi connectivity index (χ2n) is 7.83. The van der Waals surface area contributed by atoms with Gasteiger partial charge in [-0.2, -0.15) is 0 Å². The van der Waals surface area contributed by atoms with Crippen LogP contribution in [0.15, 0.2) is 30.3 Å². The lowest BCUT2D eigenvalue weighted by molar-refractivity contribution is -0.139. The first-order chi connectivity index (χ1) is 13.8. The Balaban J connectivity index is 0.000000687. The van der Waals surface area contributed by atoms with Gasteiger partial charge in [-0.3, -0.25) is 9.59 Å². The average molecular weight is 401 g/mol. The highest BCUT2D eigenvalue weighted by Crippen LogP contribution is 2.25. The lowest BCUT2D eigenvalue weighted by Crippen LogP contribution is -2.31. The SMILES string of the molecule is CC(C)C.COC(=O)CNC(=O)c1nc(-c2ccccc2)n2c1CN(C)CCC2. The molecule has 0 atom stereocenters. The molecular formula is C22H32N4O3. The van der Waals surface area contributed by atoms with E-state index in [0.717, 1.165) is 42.5 Å². The molecule has 0 unspecified atom stereocenters. The molecule has 2 aromatic rings. The topological polar surface area (TPSA) is 76.5 Å². The van der Waals surface area contributed by atoms with Gasteiger partial charge in [0, 0.05) is 18.7 Å². The molecule has 7 heteroatoms. The van der Waals surface area contributed by atoms with Crippen molar-refractivity contribution in [1.82, 2.24) is 19.8 Å². The van der Waals surface area contributed by atoms with Gasteiger partial charge in [-0.15, -0.1) is 0 Å². The predicted molar refractivity (Wildman–Crippen MR) is 113 cm³/mol. The number of rotatable bonds is 4. The Morgan fingerprint density at radius 1 is 1.17 bits per heavy atom. The number of nitrogens with zero attached hydrogens (tertiary/aromatic N) is 3. The zero-order valence-corrected chi connectivity index (χ0v) is 18.1. The maximum Gasteiger partial charge on any atom is 0.325 e. The molecule has 2 heterocycles. The number of imidazole rings is 1. The lowest BCUT2D eigenvalue weighted by Gasteiger charge is -2.13. The van der Waals surface area contributed by atoms with Crippen molar-refractivity contribution in [3.8, 4) is 11.4 Å². The summed E-state index contributed by atoms with van der Waals surface area (Å²) < 4.78 is 6.69. The summed E-state index contributed by atoms with van der Waals surface area (Å²) in [6, 6.07) is 9.84. The van der Waals surface area contributed by atoms with Gasteiger partial charge in [0.15, 0.2) is 5.69 Å². The Labute approximate surface area is 173 Å². The third-order valence-electron chi connectivity index (χ3n) is 4.28. The molecule has 0 saturated heterocycles. The molecule has 7 nitrogen and oxygen atoms in total. The molecular weight excluding hydrogens is 368 g/mol. The number of carbonyl (C=O) groups excluding carboxylic acids is 2. The maximum atomic E-state index is 12.6. The minimum atomic E-state index is -0.487. The molecule has 0 radical (unpaired) electrons. The number of nitrogens with one attached hydrogen (secondary N) is 1. The highest BCUT2D eigenvalue weighted by atomic mass is 16.5. The third-order valence-corrected chi connectivity index (χ3v) is 4.28. The van der Waals surface area contributed by atoms with E-state index in [-0.39, 0.29) is 12.5 Å². The molecule has 1 aliphatic heterocycles. The smallest absolute Gasteiger partial charge is 0.325 e. The number of benzene rings is 1. The minimum Gasteiger partial charge on any atom is -0.468 e. The summed E-state index contributed by atoms with van der Waals surface area (Å²) >= 11 is 0. The number of esters is 1. The number of fused-ring (bicyclic) bond motifs is 1. The van der Waals surface area contributed by atoms with Crippen molar-refractivity contribution in [2.45, 2.75) is 40.3 Å². The van der Waals surface area contributed by atoms with Gasteiger partial charge in [0.1, 0.15) is 12.4 Å². The van der Waals surface area contributed by atoms with Crippen molar-refractivity contribution in [1.29, 1.82) is 0 Å². The molecule has 1 aromatic heterocycles. The van der Waals surface area contributed by atoms with E-state index in [1.807, 2.05) is 37.4 Å². The van der Waals surface area contributed by atoms with Gasteiger partial charge < -0.3 is 19.5 Å². The van der Waals surface area contributed by atoms with Crippen molar-refractivity contribution >= 4 is 11.9 Å². The fraction of sp³-hybridized carbons (Fsp3) is 0.500. The number of ether oxygens (including phenoxy) is 1. The number of carbonyl (C=O) groups is 2. The van der Waals surface area contributed by atoms with Crippen molar-refractivity contribution in [2.75, 3.05) is 27.2 Å². The van der Waals surface area contributed by atoms with Crippen LogP contribution < -0.4 is 5.32 Å². The van der Waals surface area contributed by atoms with E-state index < -0.39 is 5.97 Å². The van der Waals surface area contributed by atoms with Crippen molar-refractivity contribution in [3.05, 3.63) is 41.7 Å². The molecule has 0 spiro atoms. The van der Waals surface area contributed by atoms with Crippen LogP contribution in [0.25, 0.3) is 11.4 Å². The van der Waals surface area contributed by atoms with E-state index in [1.54, 1.807) is 0 Å². The van der Waals surface area contributed by atoms with Gasteiger partial charge in [0.2, 0.25) is 0 Å². The second-order valence-corrected chi connectivity index (χ2v) is 7.83. The van der Waals surface area contributed by atoms with Crippen molar-refractivity contribution in [2.24, 2.45) is 5.92 Å². The van der Waals surface area contributed by atoms with E-state index in [0.29, 0.717) is 12.2 Å². The summed E-state index contributed by atoms with van der Waals surface area (Å²) in [7, 11) is 3.32. The van der Waals surface area contributed by atoms with Crippen LogP contribution in [0.5, 0.6) is 0 Å². The van der Waals surface area contributed by atoms with Crippen LogP contribution in [-0.4, -0.2) is 53.6 Å². The first-order valence-corrected chi connectivity index (χ1v) is 10.0. The molecule has 29 heavy (non-hydrogen) atoms. The van der Waals surface area contributed by atoms with Crippen LogP contribution in [0.1, 0.15) is 43.4 Å². The Kier molecular flexibility index (Phi) is 8.39. The number of hydrogen-bond donors (Lipinski definition) is 1. The van der Waals surface area contributed by atoms with Crippen molar-refractivity contribution in [3.63, 3.8) is 0 Å². The summed E-state index contributed by atoms with van der Waals surface area (Å²) in [5.74, 6) is 0.778. The fourth-order valence-corrected chi connectivity index (χ4v) is 3.02. The molecule has 158 valence electrons. The Morgan fingerprint density at radius 3 is 2.45 bits per heavy atom. The van der Waals surface area contributed by atoms with Gasteiger partial charge >= 0.3 is 5.97 Å². The Morgan fingerprint density at radius 2 is 1.83 bits per heavy atom. The molecule has 1 aromatic carbocycles. The number of aromatic nitrogens is 2. The molecule has 1 amide bonds. The van der Waals surface area contributed by atoms with E-state index >= 15 is 0 Å². The van der Waals surface area contributed by atoms with E-state index in [4.69, 9.17) is 0 Å². The standard InChI is InChI=1S/C18H22N4O3.C4H10/c1-21-9-6-10-22-14(12-21)16(18(24)19-11-15(23)25-2)20-17(22)13-7-4-3-5-8-13;1-4(2)3/h3-5,7-8H,6,9-12H2,1-2H3,(H,19,24);4H,1-3H3. The summed E-state index contributed by atoms with van der Waals surface area (Å²) in [6.07, 6.45) is 0.989. The number of hydrogen-bond acceptors (Lipinski definition) is 5. The van der Waals surface area contributed by atoms with E-state index in [1.165, 1.54) is 7.11 Å². The quantitative estimate of drug-likeness (QED) is 0.799. The van der Waals surface area contributed by atoms with Crippen LogP contribution in [0.2, 0.25) is 0 Å². The maximum absolute atomic E-state index is 12.6. The third kappa shape index (κ3) is 6.42. The van der Waals surface area contributed by atoms with Crippen molar-refractivity contribution < 1.29 is 14.3 Å². The molecule has 1 aliphatic rings. The van der Waals surface area contributed by atoms with Crippen LogP contribution in [0, 0.1) is 5.92 Å². The van der Waals surface area contributed by atoms with Crippen LogP contribution in [0.4, 0.5) is 0 Å². The molecule has 1 N–H and O–H groups in total. The summed E-state index contributed by atoms with van der Waals surface area (Å²) in [5, 5.41) is 2.59. The van der Waals surface area contributed by atoms with Gasteiger partial charge in [-0.1, -0.05) is 51.1 Å². The zero-order chi connectivity index (χ0) is 21.4. The molecule has 0 fully saturated rings. The second kappa shape index (κ2) is 10.8. The zero-order valence-electron chi connectivity index (χ0n) is 18.1. The monoisotopic (exact) mass is 400 g/mol. The number of amides is 1. The first-order valence-electron chi connectivity index (χ1n) is 10.0. The largest absolute Gasteiger partial charge is 0.468 e. The normalized spacial score (nSPS) is 13.7. The molecule has 0 saturated carbocycles. The highest BCUT2D eigenvalue weighted by Gasteiger charge is 2.25. The van der Waals surface area contributed by atoms with Gasteiger partial charge in [0.05, 0.1) is 12.8 Å². The minimum absolute atomic E-state index is 0.169. The van der Waals surface area contributed by atoms with Gasteiger partial charge in [-0.05, 0) is 25.9 Å². The van der Waals surface area contributed by atoms with Gasteiger partial charge in [0.25, 0.3) is 5.91 Å². The average Bonchev–Trinajstić information content (AvgIpc) is 2.92. The predicted octanol–water partition coefficient (Wildman–Crippen LogP) is 2.95. The fourth-order valence-electron chi connectivity index (χ4n) is 3.02. The van der Waals surface area contributed by atoms with Gasteiger partial charge in [-0.25, -0.2) is 4.98 Å². The van der Waals surface area contributed by atoms with Crippen LogP contribution in [0.3, 0.4) is 0 Å². The Bertz CT molecular complexity index is 812. The molecule has 0 aliphatic carbocycles. The highest BCUT2D eigenvalue weighted by molar-refractivity contribution is 5.96. The summed E-state index contributed by atoms with van der Waals surface area (Å²) in [6.45, 7) is 8.74. The van der Waals surface area contributed by atoms with Crippen LogP contribution >= 0.6 is 0 Å². The Hall–Kier alpha value is -2.67. The number of methoxy groups -OCH3 is 1. The van der Waals surface area contributed by atoms with E-state index in [9.17, 15) is 9.59 Å². The van der Waals surface area contributed by atoms with E-state index in [2.05, 4.69) is 45.3 Å². The first kappa shape index (κ1) is 22.6.